The largest absolute Gasteiger partial charge is 0.379 e. The number of hydrogen-bond donors (Lipinski definition) is 1. The van der Waals surface area contributed by atoms with Gasteiger partial charge in [-0.1, -0.05) is 37.6 Å². The number of tetrazole rings is 1. The van der Waals surface area contributed by atoms with Crippen LogP contribution >= 0.6 is 0 Å². The Labute approximate surface area is 204 Å². The van der Waals surface area contributed by atoms with Crippen molar-refractivity contribution in [2.75, 3.05) is 7.11 Å². The molecule has 1 fully saturated rings. The van der Waals surface area contributed by atoms with Gasteiger partial charge in [0.1, 0.15) is 0 Å². The number of aryl methyl sites for hydroxylation is 1. The van der Waals surface area contributed by atoms with Crippen LogP contribution < -0.4 is 5.69 Å². The van der Waals surface area contributed by atoms with Gasteiger partial charge in [0.05, 0.1) is 18.7 Å². The molecule has 9 heteroatoms. The molecule has 1 N–H and O–H groups in total. The molecular formula is C26H31N7O2. The Hall–Kier alpha value is -3.59. The van der Waals surface area contributed by atoms with Crippen molar-refractivity contribution in [2.45, 2.75) is 64.1 Å². The van der Waals surface area contributed by atoms with Crippen molar-refractivity contribution in [3.63, 3.8) is 0 Å². The molecule has 1 aromatic carbocycles. The molecule has 1 aliphatic carbocycles. The molecule has 0 amide bonds. The van der Waals surface area contributed by atoms with Gasteiger partial charge >= 0.3 is 5.69 Å². The fourth-order valence-corrected chi connectivity index (χ4v) is 5.20. The lowest BCUT2D eigenvalue weighted by Crippen LogP contribution is -2.32. The van der Waals surface area contributed by atoms with Gasteiger partial charge in [0.2, 0.25) is 0 Å². The Morgan fingerprint density at radius 2 is 2.00 bits per heavy atom. The highest BCUT2D eigenvalue weighted by atomic mass is 16.5. The van der Waals surface area contributed by atoms with E-state index in [1.807, 2.05) is 45.7 Å². The maximum atomic E-state index is 13.7. The van der Waals surface area contributed by atoms with E-state index < -0.39 is 0 Å². The van der Waals surface area contributed by atoms with Crippen LogP contribution in [0.2, 0.25) is 0 Å². The molecule has 182 valence electrons. The van der Waals surface area contributed by atoms with Crippen LogP contribution in [0.4, 0.5) is 0 Å². The highest BCUT2D eigenvalue weighted by molar-refractivity contribution is 5.81. The highest BCUT2D eigenvalue weighted by Gasteiger charge is 2.31. The van der Waals surface area contributed by atoms with Gasteiger partial charge in [-0.15, -0.1) is 5.10 Å². The number of hydrogen-bond acceptors (Lipinski definition) is 6. The van der Waals surface area contributed by atoms with E-state index in [1.165, 1.54) is 0 Å². The van der Waals surface area contributed by atoms with Gasteiger partial charge in [-0.05, 0) is 65.3 Å². The molecule has 5 rings (SSSR count). The van der Waals surface area contributed by atoms with Crippen LogP contribution in [-0.4, -0.2) is 48.0 Å². The van der Waals surface area contributed by atoms with Crippen molar-refractivity contribution in [1.29, 1.82) is 0 Å². The number of ether oxygens (including phenoxy) is 1. The lowest BCUT2D eigenvalue weighted by atomic mass is 9.96. The first-order chi connectivity index (χ1) is 17.2. The van der Waals surface area contributed by atoms with Gasteiger partial charge in [0.15, 0.2) is 5.82 Å². The fourth-order valence-electron chi connectivity index (χ4n) is 5.20. The predicted octanol–water partition coefficient (Wildman–Crippen LogP) is 4.02. The van der Waals surface area contributed by atoms with E-state index in [-0.39, 0.29) is 17.8 Å². The van der Waals surface area contributed by atoms with Gasteiger partial charge in [-0.25, -0.2) is 9.89 Å². The number of pyridine rings is 1. The first-order valence-corrected chi connectivity index (χ1v) is 12.3. The first-order valence-electron chi connectivity index (χ1n) is 12.3. The summed E-state index contributed by atoms with van der Waals surface area (Å²) in [5.74, 6) is 0.599. The molecule has 0 spiro atoms. The zero-order valence-corrected chi connectivity index (χ0v) is 20.2. The minimum absolute atomic E-state index is 0.0209. The van der Waals surface area contributed by atoms with E-state index in [0.717, 1.165) is 66.5 Å². The maximum absolute atomic E-state index is 13.7. The summed E-state index contributed by atoms with van der Waals surface area (Å²) in [6.07, 6.45) is 11.8. The average Bonchev–Trinajstić information content (AvgIpc) is 3.65. The number of aromatic amines is 1. The number of rotatable bonds is 9. The number of imidazole rings is 1. The second-order valence-electron chi connectivity index (χ2n) is 9.10. The van der Waals surface area contributed by atoms with E-state index in [2.05, 4.69) is 38.7 Å². The van der Waals surface area contributed by atoms with Crippen molar-refractivity contribution < 1.29 is 4.74 Å². The van der Waals surface area contributed by atoms with E-state index in [0.29, 0.717) is 12.4 Å². The second kappa shape index (κ2) is 10.4. The smallest absolute Gasteiger partial charge is 0.329 e. The Kier molecular flexibility index (Phi) is 6.85. The van der Waals surface area contributed by atoms with Crippen LogP contribution in [0.25, 0.3) is 22.5 Å². The molecule has 2 atom stereocenters. The average molecular weight is 474 g/mol. The molecule has 9 nitrogen and oxygen atoms in total. The van der Waals surface area contributed by atoms with Crippen LogP contribution in [-0.2, 0) is 17.7 Å². The number of methoxy groups -OCH3 is 1. The lowest BCUT2D eigenvalue weighted by Gasteiger charge is -2.18. The molecular weight excluding hydrogens is 442 g/mol. The van der Waals surface area contributed by atoms with Crippen molar-refractivity contribution in [2.24, 2.45) is 0 Å². The van der Waals surface area contributed by atoms with Crippen molar-refractivity contribution in [3.8, 4) is 22.5 Å². The Balaban J connectivity index is 1.57. The molecule has 35 heavy (non-hydrogen) atoms. The number of nitrogens with one attached hydrogen (secondary N) is 1. The zero-order chi connectivity index (χ0) is 24.2. The topological polar surface area (TPSA) is 104 Å². The summed E-state index contributed by atoms with van der Waals surface area (Å²) in [5, 5.41) is 14.4. The number of H-pyrrole nitrogens is 1. The third-order valence-electron chi connectivity index (χ3n) is 7.00. The van der Waals surface area contributed by atoms with E-state index in [9.17, 15) is 4.79 Å². The summed E-state index contributed by atoms with van der Waals surface area (Å²) in [7, 11) is 1.74. The molecule has 3 aromatic heterocycles. The summed E-state index contributed by atoms with van der Waals surface area (Å²) < 4.78 is 9.54. The number of nitrogens with zero attached hydrogens (tertiary/aromatic N) is 6. The van der Waals surface area contributed by atoms with Crippen LogP contribution in [0.1, 0.15) is 56.3 Å². The summed E-state index contributed by atoms with van der Waals surface area (Å²) in [5.41, 5.74) is 4.94. The van der Waals surface area contributed by atoms with Crippen molar-refractivity contribution in [1.82, 2.24) is 34.7 Å². The van der Waals surface area contributed by atoms with E-state index in [4.69, 9.17) is 4.74 Å². The van der Waals surface area contributed by atoms with Crippen LogP contribution in [0, 0.1) is 0 Å². The molecule has 4 aromatic rings. The molecule has 0 bridgehead atoms. The number of unbranched alkanes of at least 4 members (excludes halogenated alkanes) is 1. The molecule has 1 saturated carbocycles. The van der Waals surface area contributed by atoms with E-state index >= 15 is 0 Å². The van der Waals surface area contributed by atoms with Crippen LogP contribution in [0.3, 0.4) is 0 Å². The van der Waals surface area contributed by atoms with Crippen LogP contribution in [0.5, 0.6) is 0 Å². The van der Waals surface area contributed by atoms with Crippen LogP contribution in [0.15, 0.2) is 53.7 Å². The summed E-state index contributed by atoms with van der Waals surface area (Å²) in [6.45, 7) is 2.62. The van der Waals surface area contributed by atoms with Gasteiger partial charge in [-0.2, -0.15) is 0 Å². The predicted molar refractivity (Wildman–Crippen MR) is 133 cm³/mol. The molecule has 0 radical (unpaired) electrons. The first kappa shape index (κ1) is 23.2. The quantitative estimate of drug-likeness (QED) is 0.394. The van der Waals surface area contributed by atoms with Gasteiger partial charge in [0.25, 0.3) is 0 Å². The molecule has 0 saturated heterocycles. The normalized spacial score (nSPS) is 17.8. The summed E-state index contributed by atoms with van der Waals surface area (Å²) >= 11 is 0. The third kappa shape index (κ3) is 4.55. The van der Waals surface area contributed by atoms with Gasteiger partial charge < -0.3 is 4.74 Å². The number of benzene rings is 1. The second-order valence-corrected chi connectivity index (χ2v) is 9.10. The van der Waals surface area contributed by atoms with Crippen molar-refractivity contribution in [3.05, 3.63) is 70.7 Å². The van der Waals surface area contributed by atoms with Crippen molar-refractivity contribution >= 4 is 0 Å². The van der Waals surface area contributed by atoms with E-state index in [1.54, 1.807) is 13.3 Å². The Morgan fingerprint density at radius 1 is 1.14 bits per heavy atom. The Morgan fingerprint density at radius 3 is 2.77 bits per heavy atom. The molecule has 1 aliphatic rings. The lowest BCUT2D eigenvalue weighted by molar-refractivity contribution is 0.0737. The summed E-state index contributed by atoms with van der Waals surface area (Å²) in [6, 6.07) is 10.1. The fraction of sp³-hybridized carbons (Fsp3) is 0.423. The standard InChI is InChI=1S/C26H31N7O2/c1-3-4-8-19-17-33(23-11-7-12-24(23)35-2)26(34)32(19)16-18-15-27-14-13-20(18)21-9-5-6-10-22(21)25-28-30-31-29-25/h5-6,9-10,13-15,17,23-24H,3-4,7-8,11-12,16H2,1-2H3,(H,28,29,30,31). The third-order valence-corrected chi connectivity index (χ3v) is 7.00. The van der Waals surface area contributed by atoms with Gasteiger partial charge in [0, 0.05) is 37.0 Å². The molecule has 0 aliphatic heterocycles. The molecule has 2 unspecified atom stereocenters. The van der Waals surface area contributed by atoms with Gasteiger partial charge in [-0.3, -0.25) is 14.1 Å². The monoisotopic (exact) mass is 473 g/mol. The Bertz CT molecular complexity index is 1330. The SMILES string of the molecule is CCCCc1cn(C2CCCC2OC)c(=O)n1Cc1cnccc1-c1ccccc1-c1nnn[nH]1. The molecule has 3 heterocycles. The number of aromatic nitrogens is 7. The highest BCUT2D eigenvalue weighted by Crippen LogP contribution is 2.33. The maximum Gasteiger partial charge on any atom is 0.329 e. The zero-order valence-electron chi connectivity index (χ0n) is 20.2. The minimum Gasteiger partial charge on any atom is -0.379 e. The summed E-state index contributed by atoms with van der Waals surface area (Å²) in [4.78, 5) is 18.1. The minimum atomic E-state index is 0.0209.